The molecule has 0 fully saturated rings. The van der Waals surface area contributed by atoms with Gasteiger partial charge < -0.3 is 47.7 Å². The number of aromatic nitrogens is 2. The average Bonchev–Trinajstić information content (AvgIpc) is 3.22. The van der Waals surface area contributed by atoms with Gasteiger partial charge in [0.1, 0.15) is 18.1 Å². The van der Waals surface area contributed by atoms with Crippen molar-refractivity contribution in [2.45, 2.75) is 43.4 Å². The highest BCUT2D eigenvalue weighted by Gasteiger charge is 2.31. The number of hydrogen-bond donors (Lipinski definition) is 9. The maximum Gasteiger partial charge on any atom is 0.326 e. The predicted molar refractivity (Wildman–Crippen MR) is 107 cm³/mol. The van der Waals surface area contributed by atoms with E-state index in [1.807, 2.05) is 0 Å². The van der Waals surface area contributed by atoms with Crippen molar-refractivity contribution in [3.63, 3.8) is 0 Å². The first-order valence-corrected chi connectivity index (χ1v) is 9.42. The van der Waals surface area contributed by atoms with Crippen molar-refractivity contribution in [1.82, 2.24) is 25.9 Å². The number of carbonyl (C=O) groups is 6. The zero-order valence-electron chi connectivity index (χ0n) is 17.2. The van der Waals surface area contributed by atoms with Gasteiger partial charge in [0, 0.05) is 18.3 Å². The third kappa shape index (κ3) is 9.32. The maximum atomic E-state index is 12.7. The van der Waals surface area contributed by atoms with Crippen LogP contribution in [-0.2, 0) is 35.2 Å². The smallest absolute Gasteiger partial charge is 0.326 e. The molecule has 33 heavy (non-hydrogen) atoms. The highest BCUT2D eigenvalue weighted by atomic mass is 16.4. The number of aromatic amines is 1. The summed E-state index contributed by atoms with van der Waals surface area (Å²) in [6.45, 7) is -0.921. The molecular formula is C17H25N7O9. The number of aliphatic hydroxyl groups is 1. The lowest BCUT2D eigenvalue weighted by Crippen LogP contribution is -2.58. The first-order chi connectivity index (χ1) is 15.4. The van der Waals surface area contributed by atoms with Gasteiger partial charge >= 0.3 is 11.9 Å². The number of carboxylic acids is 2. The van der Waals surface area contributed by atoms with Crippen molar-refractivity contribution >= 4 is 35.6 Å². The third-order valence-electron chi connectivity index (χ3n) is 4.18. The molecule has 1 rings (SSSR count). The van der Waals surface area contributed by atoms with Gasteiger partial charge in [-0.3, -0.25) is 24.0 Å². The van der Waals surface area contributed by atoms with Crippen LogP contribution in [0.3, 0.4) is 0 Å². The molecule has 1 aromatic heterocycles. The minimum Gasteiger partial charge on any atom is -0.481 e. The molecule has 0 aliphatic rings. The lowest BCUT2D eigenvalue weighted by atomic mass is 10.1. The summed E-state index contributed by atoms with van der Waals surface area (Å²) in [5.74, 6) is -6.97. The van der Waals surface area contributed by atoms with Crippen LogP contribution in [0.5, 0.6) is 0 Å². The van der Waals surface area contributed by atoms with Gasteiger partial charge in [0.05, 0.1) is 31.8 Å². The van der Waals surface area contributed by atoms with E-state index in [0.717, 1.165) is 0 Å². The number of carboxylic acid groups (broad SMARTS) is 2. The normalized spacial score (nSPS) is 14.2. The summed E-state index contributed by atoms with van der Waals surface area (Å²) >= 11 is 0. The fourth-order valence-corrected chi connectivity index (χ4v) is 2.53. The number of aliphatic carboxylic acids is 2. The Morgan fingerprint density at radius 2 is 1.52 bits per heavy atom. The van der Waals surface area contributed by atoms with E-state index in [9.17, 15) is 39.0 Å². The third-order valence-corrected chi connectivity index (χ3v) is 4.18. The zero-order chi connectivity index (χ0) is 25.1. The van der Waals surface area contributed by atoms with Gasteiger partial charge in [0.15, 0.2) is 0 Å². The van der Waals surface area contributed by atoms with Crippen LogP contribution >= 0.6 is 0 Å². The summed E-state index contributed by atoms with van der Waals surface area (Å²) in [6, 6.07) is -6.20. The van der Waals surface area contributed by atoms with E-state index in [1.54, 1.807) is 0 Å². The highest BCUT2D eigenvalue weighted by molar-refractivity contribution is 5.95. The van der Waals surface area contributed by atoms with Crippen molar-refractivity contribution in [2.24, 2.45) is 11.5 Å². The lowest BCUT2D eigenvalue weighted by molar-refractivity contribution is -0.143. The molecule has 1 heterocycles. The van der Waals surface area contributed by atoms with Gasteiger partial charge in [-0.15, -0.1) is 0 Å². The predicted octanol–water partition coefficient (Wildman–Crippen LogP) is -4.84. The van der Waals surface area contributed by atoms with E-state index in [0.29, 0.717) is 5.69 Å². The Morgan fingerprint density at radius 1 is 0.939 bits per heavy atom. The Bertz CT molecular complexity index is 874. The van der Waals surface area contributed by atoms with Crippen molar-refractivity contribution in [3.05, 3.63) is 18.2 Å². The van der Waals surface area contributed by atoms with Gasteiger partial charge in [-0.1, -0.05) is 0 Å². The summed E-state index contributed by atoms with van der Waals surface area (Å²) < 4.78 is 0. The number of amides is 4. The molecular weight excluding hydrogens is 446 g/mol. The van der Waals surface area contributed by atoms with Crippen LogP contribution in [-0.4, -0.2) is 91.6 Å². The van der Waals surface area contributed by atoms with E-state index < -0.39 is 79.2 Å². The second-order valence-electron chi connectivity index (χ2n) is 6.86. The first-order valence-electron chi connectivity index (χ1n) is 9.42. The average molecular weight is 471 g/mol. The number of hydrogen-bond acceptors (Lipinski definition) is 9. The van der Waals surface area contributed by atoms with E-state index in [-0.39, 0.29) is 6.42 Å². The number of nitrogens with two attached hydrogens (primary N) is 2. The largest absolute Gasteiger partial charge is 0.481 e. The molecule has 0 spiro atoms. The van der Waals surface area contributed by atoms with Gasteiger partial charge in [-0.25, -0.2) is 9.78 Å². The monoisotopic (exact) mass is 471 g/mol. The summed E-state index contributed by atoms with van der Waals surface area (Å²) in [4.78, 5) is 76.6. The number of nitrogens with zero attached hydrogens (tertiary/aromatic N) is 1. The van der Waals surface area contributed by atoms with Crippen LogP contribution in [0.4, 0.5) is 0 Å². The second kappa shape index (κ2) is 12.7. The number of nitrogens with one attached hydrogen (secondary N) is 4. The molecule has 0 saturated carbocycles. The molecule has 11 N–H and O–H groups in total. The summed E-state index contributed by atoms with van der Waals surface area (Å²) in [5, 5.41) is 33.7. The van der Waals surface area contributed by atoms with Gasteiger partial charge in [-0.05, 0) is 0 Å². The molecule has 0 aliphatic carbocycles. The molecule has 1 aromatic rings. The van der Waals surface area contributed by atoms with Crippen molar-refractivity contribution in [1.29, 1.82) is 0 Å². The zero-order valence-corrected chi connectivity index (χ0v) is 17.2. The van der Waals surface area contributed by atoms with Crippen molar-refractivity contribution in [3.8, 4) is 0 Å². The van der Waals surface area contributed by atoms with E-state index in [2.05, 4.69) is 25.9 Å². The van der Waals surface area contributed by atoms with Crippen LogP contribution in [0.2, 0.25) is 0 Å². The standard InChI is InChI=1S/C17H25N7O9/c18-8(2-13(27)28)14(29)24-11(5-25)16(31)22-9(1-7-4-20-6-21-7)15(30)23-10(17(32)33)3-12(19)26/h4,6,8-11,25H,1-3,5,18H2,(H2,19,26)(H,20,21)(H,22,31)(H,23,30)(H,24,29)(H,27,28)(H,32,33). The van der Waals surface area contributed by atoms with Gasteiger partial charge in [-0.2, -0.15) is 0 Å². The van der Waals surface area contributed by atoms with Gasteiger partial charge in [0.25, 0.3) is 0 Å². The molecule has 0 aromatic carbocycles. The van der Waals surface area contributed by atoms with E-state index in [4.69, 9.17) is 16.6 Å². The maximum absolute atomic E-state index is 12.7. The number of carbonyl (C=O) groups excluding carboxylic acids is 4. The number of rotatable bonds is 14. The Kier molecular flexibility index (Phi) is 10.4. The van der Waals surface area contributed by atoms with Crippen LogP contribution in [0.15, 0.2) is 12.5 Å². The molecule has 4 atom stereocenters. The Labute approximate surface area is 186 Å². The van der Waals surface area contributed by atoms with E-state index in [1.165, 1.54) is 12.5 Å². The van der Waals surface area contributed by atoms with E-state index >= 15 is 0 Å². The summed E-state index contributed by atoms with van der Waals surface area (Å²) in [6.07, 6.45) is 0.987. The minimum atomic E-state index is -1.67. The number of H-pyrrole nitrogens is 1. The van der Waals surface area contributed by atoms with Crippen molar-refractivity contribution in [2.75, 3.05) is 6.61 Å². The Balaban J connectivity index is 2.96. The minimum absolute atomic E-state index is 0.203. The van der Waals surface area contributed by atoms with Crippen LogP contribution in [0, 0.1) is 0 Å². The SMILES string of the molecule is NC(=O)CC(NC(=O)C(Cc1cnc[nH]1)NC(=O)C(CO)NC(=O)C(N)CC(=O)O)C(=O)O. The molecule has 0 radical (unpaired) electrons. The second-order valence-corrected chi connectivity index (χ2v) is 6.86. The quantitative estimate of drug-likeness (QED) is 0.124. The molecule has 0 saturated heterocycles. The molecule has 4 amide bonds. The molecule has 16 heteroatoms. The highest BCUT2D eigenvalue weighted by Crippen LogP contribution is 2.02. The van der Waals surface area contributed by atoms with Crippen LogP contribution in [0.1, 0.15) is 18.5 Å². The number of imidazole rings is 1. The first kappa shape index (κ1) is 27.0. The molecule has 16 nitrogen and oxygen atoms in total. The molecule has 182 valence electrons. The van der Waals surface area contributed by atoms with Crippen molar-refractivity contribution < 1.29 is 44.1 Å². The number of primary amides is 1. The van der Waals surface area contributed by atoms with Crippen LogP contribution in [0.25, 0.3) is 0 Å². The van der Waals surface area contributed by atoms with Gasteiger partial charge in [0.2, 0.25) is 23.6 Å². The topological polar surface area (TPSA) is 280 Å². The lowest BCUT2D eigenvalue weighted by Gasteiger charge is -2.24. The molecule has 0 bridgehead atoms. The summed E-state index contributed by atoms with van der Waals surface area (Å²) in [7, 11) is 0. The fourth-order valence-electron chi connectivity index (χ4n) is 2.53. The molecule has 4 unspecified atom stereocenters. The summed E-state index contributed by atoms with van der Waals surface area (Å²) in [5.41, 5.74) is 10.8. The Hall–Kier alpha value is -4.05. The van der Waals surface area contributed by atoms with Crippen LogP contribution < -0.4 is 27.4 Å². The number of aliphatic hydroxyl groups excluding tert-OH is 1. The fraction of sp³-hybridized carbons (Fsp3) is 0.471. The molecule has 0 aliphatic heterocycles. The Morgan fingerprint density at radius 3 is 2.00 bits per heavy atom.